The monoisotopic (exact) mass is 187 g/mol. The second-order valence-electron chi connectivity index (χ2n) is 3.66. The Hall–Kier alpha value is -0.610. The van der Waals surface area contributed by atoms with Crippen molar-refractivity contribution in [1.29, 1.82) is 0 Å². The molecule has 1 aliphatic rings. The number of rotatable bonds is 2. The molecular formula is C9H17NO3. The fourth-order valence-corrected chi connectivity index (χ4v) is 1.43. The molecule has 0 aliphatic heterocycles. The van der Waals surface area contributed by atoms with Crippen LogP contribution in [0.15, 0.2) is 0 Å². The molecule has 1 unspecified atom stereocenters. The van der Waals surface area contributed by atoms with Crippen LogP contribution in [0.5, 0.6) is 0 Å². The molecule has 1 aliphatic carbocycles. The van der Waals surface area contributed by atoms with E-state index < -0.39 is 6.04 Å². The zero-order chi connectivity index (χ0) is 9.84. The number of ether oxygens (including phenoxy) is 1. The minimum atomic E-state index is -0.549. The Morgan fingerprint density at radius 2 is 2.00 bits per heavy atom. The maximum absolute atomic E-state index is 11.1. The Morgan fingerprint density at radius 3 is 2.46 bits per heavy atom. The van der Waals surface area contributed by atoms with E-state index in [1.807, 2.05) is 0 Å². The van der Waals surface area contributed by atoms with E-state index in [2.05, 4.69) is 0 Å². The summed E-state index contributed by atoms with van der Waals surface area (Å²) in [7, 11) is 0. The molecule has 4 heteroatoms. The van der Waals surface area contributed by atoms with Crippen molar-refractivity contribution in [2.24, 2.45) is 5.73 Å². The van der Waals surface area contributed by atoms with Crippen LogP contribution in [0.3, 0.4) is 0 Å². The van der Waals surface area contributed by atoms with E-state index >= 15 is 0 Å². The van der Waals surface area contributed by atoms with E-state index in [1.165, 1.54) is 0 Å². The van der Waals surface area contributed by atoms with Gasteiger partial charge in [-0.3, -0.25) is 4.79 Å². The summed E-state index contributed by atoms with van der Waals surface area (Å²) in [5.74, 6) is -0.346. The largest absolute Gasteiger partial charge is 0.461 e. The zero-order valence-electron chi connectivity index (χ0n) is 7.90. The van der Waals surface area contributed by atoms with Gasteiger partial charge in [0, 0.05) is 0 Å². The van der Waals surface area contributed by atoms with Crippen LogP contribution in [-0.2, 0) is 9.53 Å². The summed E-state index contributed by atoms with van der Waals surface area (Å²) >= 11 is 0. The lowest BCUT2D eigenvalue weighted by molar-refractivity contribution is -0.152. The van der Waals surface area contributed by atoms with Gasteiger partial charge in [-0.1, -0.05) is 0 Å². The highest BCUT2D eigenvalue weighted by Gasteiger charge is 2.23. The SMILES string of the molecule is CC(N)C(=O)OC1CCC(O)CC1. The molecule has 0 aromatic heterocycles. The molecule has 13 heavy (non-hydrogen) atoms. The van der Waals surface area contributed by atoms with Gasteiger partial charge in [-0.2, -0.15) is 0 Å². The third-order valence-electron chi connectivity index (χ3n) is 2.30. The number of hydrogen-bond donors (Lipinski definition) is 2. The first kappa shape index (κ1) is 10.5. The fourth-order valence-electron chi connectivity index (χ4n) is 1.43. The van der Waals surface area contributed by atoms with Crippen molar-refractivity contribution in [1.82, 2.24) is 0 Å². The summed E-state index contributed by atoms with van der Waals surface area (Å²) < 4.78 is 5.13. The molecule has 0 aromatic carbocycles. The molecule has 0 heterocycles. The highest BCUT2D eigenvalue weighted by molar-refractivity contribution is 5.75. The van der Waals surface area contributed by atoms with Crippen molar-refractivity contribution in [2.75, 3.05) is 0 Å². The third kappa shape index (κ3) is 3.32. The highest BCUT2D eigenvalue weighted by Crippen LogP contribution is 2.21. The lowest BCUT2D eigenvalue weighted by Crippen LogP contribution is -2.34. The van der Waals surface area contributed by atoms with Crippen LogP contribution in [0.2, 0.25) is 0 Å². The summed E-state index contributed by atoms with van der Waals surface area (Å²) in [6.45, 7) is 1.61. The summed E-state index contributed by atoms with van der Waals surface area (Å²) in [4.78, 5) is 11.1. The van der Waals surface area contributed by atoms with E-state index in [1.54, 1.807) is 6.92 Å². The molecule has 1 rings (SSSR count). The average Bonchev–Trinajstić information content (AvgIpc) is 2.08. The number of carbonyl (C=O) groups is 1. The van der Waals surface area contributed by atoms with Crippen LogP contribution < -0.4 is 5.73 Å². The van der Waals surface area contributed by atoms with Crippen LogP contribution in [-0.4, -0.2) is 29.3 Å². The van der Waals surface area contributed by atoms with Gasteiger partial charge in [0.15, 0.2) is 0 Å². The molecule has 76 valence electrons. The number of nitrogens with two attached hydrogens (primary N) is 1. The summed E-state index contributed by atoms with van der Waals surface area (Å²) in [5.41, 5.74) is 5.36. The van der Waals surface area contributed by atoms with Gasteiger partial charge in [0.1, 0.15) is 12.1 Å². The van der Waals surface area contributed by atoms with Crippen molar-refractivity contribution in [3.05, 3.63) is 0 Å². The summed E-state index contributed by atoms with van der Waals surface area (Å²) in [6.07, 6.45) is 2.68. The molecular weight excluding hydrogens is 170 g/mol. The maximum atomic E-state index is 11.1. The highest BCUT2D eigenvalue weighted by atomic mass is 16.5. The molecule has 0 spiro atoms. The molecule has 0 saturated heterocycles. The van der Waals surface area contributed by atoms with Crippen LogP contribution >= 0.6 is 0 Å². The van der Waals surface area contributed by atoms with E-state index in [4.69, 9.17) is 10.5 Å². The predicted molar refractivity (Wildman–Crippen MR) is 48.0 cm³/mol. The van der Waals surface area contributed by atoms with Crippen molar-refractivity contribution >= 4 is 5.97 Å². The number of aliphatic hydroxyl groups is 1. The topological polar surface area (TPSA) is 72.6 Å². The van der Waals surface area contributed by atoms with E-state index in [-0.39, 0.29) is 18.2 Å². The Bertz CT molecular complexity index is 174. The summed E-state index contributed by atoms with van der Waals surface area (Å²) in [6, 6.07) is -0.549. The molecule has 0 aromatic rings. The minimum absolute atomic E-state index is 0.0399. The van der Waals surface area contributed by atoms with Gasteiger partial charge in [-0.05, 0) is 32.6 Å². The average molecular weight is 187 g/mol. The number of esters is 1. The van der Waals surface area contributed by atoms with Gasteiger partial charge >= 0.3 is 5.97 Å². The molecule has 0 radical (unpaired) electrons. The van der Waals surface area contributed by atoms with Crippen molar-refractivity contribution < 1.29 is 14.6 Å². The van der Waals surface area contributed by atoms with E-state index in [0.717, 1.165) is 25.7 Å². The Kier molecular flexibility index (Phi) is 3.69. The standard InChI is InChI=1S/C9H17NO3/c1-6(10)9(12)13-8-4-2-7(11)3-5-8/h6-8,11H,2-5,10H2,1H3. The fraction of sp³-hybridized carbons (Fsp3) is 0.889. The quantitative estimate of drug-likeness (QED) is 0.605. The number of carbonyl (C=O) groups excluding carboxylic acids is 1. The van der Waals surface area contributed by atoms with Crippen molar-refractivity contribution in [2.45, 2.75) is 50.9 Å². The Balaban J connectivity index is 2.26. The first-order chi connectivity index (χ1) is 6.09. The molecule has 0 bridgehead atoms. The van der Waals surface area contributed by atoms with E-state index in [0.29, 0.717) is 0 Å². The molecule has 1 fully saturated rings. The first-order valence-corrected chi connectivity index (χ1v) is 4.73. The number of aliphatic hydroxyl groups excluding tert-OH is 1. The summed E-state index contributed by atoms with van der Waals surface area (Å²) in [5, 5.41) is 9.21. The van der Waals surface area contributed by atoms with Gasteiger partial charge in [0.05, 0.1) is 6.10 Å². The van der Waals surface area contributed by atoms with Gasteiger partial charge in [0.25, 0.3) is 0 Å². The molecule has 0 amide bonds. The molecule has 4 nitrogen and oxygen atoms in total. The third-order valence-corrected chi connectivity index (χ3v) is 2.30. The first-order valence-electron chi connectivity index (χ1n) is 4.73. The van der Waals surface area contributed by atoms with Gasteiger partial charge in [-0.25, -0.2) is 0 Å². The molecule has 3 N–H and O–H groups in total. The Labute approximate surface area is 78.1 Å². The molecule has 1 atom stereocenters. The van der Waals surface area contributed by atoms with Crippen LogP contribution in [0.1, 0.15) is 32.6 Å². The Morgan fingerprint density at radius 1 is 1.46 bits per heavy atom. The van der Waals surface area contributed by atoms with Gasteiger partial charge < -0.3 is 15.6 Å². The minimum Gasteiger partial charge on any atom is -0.461 e. The van der Waals surface area contributed by atoms with Crippen LogP contribution in [0, 0.1) is 0 Å². The van der Waals surface area contributed by atoms with Crippen LogP contribution in [0.4, 0.5) is 0 Å². The predicted octanol–water partition coefficient (Wildman–Crippen LogP) is 0.180. The van der Waals surface area contributed by atoms with Gasteiger partial charge in [0.2, 0.25) is 0 Å². The zero-order valence-corrected chi connectivity index (χ0v) is 7.90. The maximum Gasteiger partial charge on any atom is 0.322 e. The second-order valence-corrected chi connectivity index (χ2v) is 3.66. The van der Waals surface area contributed by atoms with E-state index in [9.17, 15) is 9.90 Å². The molecule has 1 saturated carbocycles. The lowest BCUT2D eigenvalue weighted by atomic mass is 9.95. The smallest absolute Gasteiger partial charge is 0.322 e. The van der Waals surface area contributed by atoms with Crippen molar-refractivity contribution in [3.63, 3.8) is 0 Å². The van der Waals surface area contributed by atoms with Crippen LogP contribution in [0.25, 0.3) is 0 Å². The number of hydrogen-bond acceptors (Lipinski definition) is 4. The van der Waals surface area contributed by atoms with Gasteiger partial charge in [-0.15, -0.1) is 0 Å². The second kappa shape index (κ2) is 4.58. The van der Waals surface area contributed by atoms with Crippen molar-refractivity contribution in [3.8, 4) is 0 Å². The lowest BCUT2D eigenvalue weighted by Gasteiger charge is -2.25. The normalized spacial score (nSPS) is 31.0.